The molecule has 0 aliphatic carbocycles. The number of hydrazone groups is 1. The van der Waals surface area contributed by atoms with Crippen molar-refractivity contribution in [3.8, 4) is 6.07 Å². The van der Waals surface area contributed by atoms with Crippen molar-refractivity contribution in [3.63, 3.8) is 0 Å². The van der Waals surface area contributed by atoms with E-state index in [1.807, 2.05) is 42.5 Å². The van der Waals surface area contributed by atoms with Gasteiger partial charge >= 0.3 is 0 Å². The molecule has 0 aliphatic rings. The van der Waals surface area contributed by atoms with Gasteiger partial charge in [0.05, 0.1) is 5.69 Å². The third-order valence-corrected chi connectivity index (χ3v) is 2.90. The Labute approximate surface area is 123 Å². The standard InChI is InChI=1S/C16H15N5/c17-11-15(16(18)19)21-20-14-9-5-4-8-13(14)10-12-6-2-1-3-7-12/h1-9,20H,10H2,(H3,18,19)/b21-15+. The summed E-state index contributed by atoms with van der Waals surface area (Å²) in [5.41, 5.74) is 11.0. The van der Waals surface area contributed by atoms with Gasteiger partial charge in [-0.2, -0.15) is 10.4 Å². The van der Waals surface area contributed by atoms with Gasteiger partial charge in [-0.1, -0.05) is 48.5 Å². The molecule has 104 valence electrons. The van der Waals surface area contributed by atoms with Gasteiger partial charge in [0, 0.05) is 0 Å². The first-order valence-corrected chi connectivity index (χ1v) is 6.40. The van der Waals surface area contributed by atoms with Crippen molar-refractivity contribution in [1.82, 2.24) is 0 Å². The summed E-state index contributed by atoms with van der Waals surface area (Å²) in [6.45, 7) is 0. The molecule has 0 amide bonds. The van der Waals surface area contributed by atoms with Crippen molar-refractivity contribution >= 4 is 17.2 Å². The number of nitrogens with one attached hydrogen (secondary N) is 2. The predicted octanol–water partition coefficient (Wildman–Crippen LogP) is 2.50. The fourth-order valence-corrected chi connectivity index (χ4v) is 1.86. The SMILES string of the molecule is N#C/C(=N\Nc1ccccc1Cc1ccccc1)C(=N)N. The first kappa shape index (κ1) is 14.3. The van der Waals surface area contributed by atoms with Gasteiger partial charge in [-0.3, -0.25) is 10.8 Å². The van der Waals surface area contributed by atoms with Crippen molar-refractivity contribution in [2.24, 2.45) is 10.8 Å². The molecule has 0 spiro atoms. The molecule has 0 radical (unpaired) electrons. The van der Waals surface area contributed by atoms with Crippen molar-refractivity contribution in [1.29, 1.82) is 10.7 Å². The third kappa shape index (κ3) is 3.91. The molecule has 21 heavy (non-hydrogen) atoms. The number of benzene rings is 2. The Morgan fingerprint density at radius 1 is 1.14 bits per heavy atom. The van der Waals surface area contributed by atoms with Crippen molar-refractivity contribution in [2.75, 3.05) is 5.43 Å². The molecule has 0 saturated heterocycles. The number of hydrogen-bond donors (Lipinski definition) is 3. The van der Waals surface area contributed by atoms with E-state index in [1.54, 1.807) is 6.07 Å². The zero-order valence-electron chi connectivity index (χ0n) is 11.4. The lowest BCUT2D eigenvalue weighted by molar-refractivity contribution is 1.17. The normalized spacial score (nSPS) is 10.7. The van der Waals surface area contributed by atoms with Crippen molar-refractivity contribution in [2.45, 2.75) is 6.42 Å². The number of nitrogens with two attached hydrogens (primary N) is 1. The molecule has 0 bridgehead atoms. The minimum Gasteiger partial charge on any atom is -0.382 e. The zero-order chi connectivity index (χ0) is 15.1. The summed E-state index contributed by atoms with van der Waals surface area (Å²) in [5.74, 6) is -0.356. The number of para-hydroxylation sites is 1. The quantitative estimate of drug-likeness (QED) is 0.445. The van der Waals surface area contributed by atoms with Crippen LogP contribution in [0.4, 0.5) is 5.69 Å². The number of rotatable bonds is 5. The maximum absolute atomic E-state index is 8.84. The van der Waals surface area contributed by atoms with Gasteiger partial charge in [-0.05, 0) is 23.6 Å². The van der Waals surface area contributed by atoms with Crippen LogP contribution in [0.15, 0.2) is 59.7 Å². The van der Waals surface area contributed by atoms with E-state index in [1.165, 1.54) is 5.56 Å². The fourth-order valence-electron chi connectivity index (χ4n) is 1.86. The number of anilines is 1. The molecule has 0 heterocycles. The summed E-state index contributed by atoms with van der Waals surface area (Å²) in [6, 6.07) is 19.5. The average Bonchev–Trinajstić information content (AvgIpc) is 2.50. The van der Waals surface area contributed by atoms with E-state index in [2.05, 4.69) is 22.7 Å². The molecule has 5 heteroatoms. The van der Waals surface area contributed by atoms with Gasteiger partial charge in [0.15, 0.2) is 5.84 Å². The van der Waals surface area contributed by atoms with E-state index < -0.39 is 0 Å². The second-order valence-electron chi connectivity index (χ2n) is 4.42. The molecule has 0 aliphatic heterocycles. The highest BCUT2D eigenvalue weighted by molar-refractivity contribution is 6.45. The van der Waals surface area contributed by atoms with Crippen LogP contribution in [-0.4, -0.2) is 11.5 Å². The summed E-state index contributed by atoms with van der Waals surface area (Å²) >= 11 is 0. The monoisotopic (exact) mass is 277 g/mol. The Kier molecular flexibility index (Phi) is 4.67. The lowest BCUT2D eigenvalue weighted by atomic mass is 10.0. The Balaban J connectivity index is 2.22. The van der Waals surface area contributed by atoms with E-state index >= 15 is 0 Å². The Morgan fingerprint density at radius 3 is 2.48 bits per heavy atom. The van der Waals surface area contributed by atoms with Crippen molar-refractivity contribution < 1.29 is 0 Å². The first-order chi connectivity index (χ1) is 10.2. The molecule has 0 fully saturated rings. The van der Waals surface area contributed by atoms with E-state index in [0.29, 0.717) is 0 Å². The van der Waals surface area contributed by atoms with Crippen LogP contribution >= 0.6 is 0 Å². The van der Waals surface area contributed by atoms with E-state index in [0.717, 1.165) is 17.7 Å². The maximum atomic E-state index is 8.84. The summed E-state index contributed by atoms with van der Waals surface area (Å²) in [7, 11) is 0. The average molecular weight is 277 g/mol. The third-order valence-electron chi connectivity index (χ3n) is 2.90. The van der Waals surface area contributed by atoms with Crippen LogP contribution in [0.25, 0.3) is 0 Å². The molecule has 0 saturated carbocycles. The summed E-state index contributed by atoms with van der Waals surface area (Å²) in [4.78, 5) is 0. The first-order valence-electron chi connectivity index (χ1n) is 6.40. The number of nitrogens with zero attached hydrogens (tertiary/aromatic N) is 2. The second kappa shape index (κ2) is 6.87. The van der Waals surface area contributed by atoms with Gasteiger partial charge in [-0.15, -0.1) is 0 Å². The molecule has 5 nitrogen and oxygen atoms in total. The molecular formula is C16H15N5. The Hall–Kier alpha value is -3.13. The Bertz CT molecular complexity index is 698. The van der Waals surface area contributed by atoms with E-state index in [4.69, 9.17) is 16.4 Å². The lowest BCUT2D eigenvalue weighted by Gasteiger charge is -2.09. The molecule has 2 aromatic carbocycles. The Morgan fingerprint density at radius 2 is 1.81 bits per heavy atom. The van der Waals surface area contributed by atoms with Gasteiger partial charge in [0.1, 0.15) is 6.07 Å². The highest BCUT2D eigenvalue weighted by atomic mass is 15.3. The predicted molar refractivity (Wildman–Crippen MR) is 84.3 cm³/mol. The molecule has 0 unspecified atom stereocenters. The van der Waals surface area contributed by atoms with Crippen LogP contribution in [0, 0.1) is 16.7 Å². The van der Waals surface area contributed by atoms with Crippen LogP contribution < -0.4 is 11.2 Å². The van der Waals surface area contributed by atoms with Gasteiger partial charge in [0.2, 0.25) is 5.71 Å². The van der Waals surface area contributed by atoms with Gasteiger partial charge < -0.3 is 5.73 Å². The van der Waals surface area contributed by atoms with Crippen LogP contribution in [0.5, 0.6) is 0 Å². The molecule has 2 rings (SSSR count). The summed E-state index contributed by atoms with van der Waals surface area (Å²) in [6.07, 6.45) is 0.751. The maximum Gasteiger partial charge on any atom is 0.201 e. The largest absolute Gasteiger partial charge is 0.382 e. The number of amidine groups is 1. The highest BCUT2D eigenvalue weighted by Crippen LogP contribution is 2.19. The topological polar surface area (TPSA) is 98.0 Å². The van der Waals surface area contributed by atoms with Crippen LogP contribution in [0.3, 0.4) is 0 Å². The summed E-state index contributed by atoms with van der Waals surface area (Å²) < 4.78 is 0. The molecule has 0 atom stereocenters. The van der Waals surface area contributed by atoms with E-state index in [-0.39, 0.29) is 11.5 Å². The molecule has 0 aromatic heterocycles. The molecular weight excluding hydrogens is 262 g/mol. The smallest absolute Gasteiger partial charge is 0.201 e. The number of nitriles is 1. The van der Waals surface area contributed by atoms with Crippen LogP contribution in [0.2, 0.25) is 0 Å². The van der Waals surface area contributed by atoms with E-state index in [9.17, 15) is 0 Å². The molecule has 4 N–H and O–H groups in total. The second-order valence-corrected chi connectivity index (χ2v) is 4.42. The number of hydrogen-bond acceptors (Lipinski definition) is 4. The fraction of sp³-hybridized carbons (Fsp3) is 0.0625. The van der Waals surface area contributed by atoms with Crippen LogP contribution in [-0.2, 0) is 6.42 Å². The molecule has 2 aromatic rings. The van der Waals surface area contributed by atoms with Gasteiger partial charge in [0.25, 0.3) is 0 Å². The minimum absolute atomic E-state index is 0.135. The van der Waals surface area contributed by atoms with Crippen molar-refractivity contribution in [3.05, 3.63) is 65.7 Å². The lowest BCUT2D eigenvalue weighted by Crippen LogP contribution is -2.22. The summed E-state index contributed by atoms with van der Waals surface area (Å²) in [5, 5.41) is 19.9. The highest BCUT2D eigenvalue weighted by Gasteiger charge is 2.04. The zero-order valence-corrected chi connectivity index (χ0v) is 11.4. The van der Waals surface area contributed by atoms with Gasteiger partial charge in [-0.25, -0.2) is 0 Å². The van der Waals surface area contributed by atoms with Crippen LogP contribution in [0.1, 0.15) is 11.1 Å². The minimum atomic E-state index is -0.356.